The molecule has 0 radical (unpaired) electrons. The number of sulfone groups is 3. The number of benzene rings is 6. The number of hydrogen-bond donors (Lipinski definition) is 3. The van der Waals surface area contributed by atoms with Gasteiger partial charge in [-0.2, -0.15) is 10.2 Å². The second-order valence-electron chi connectivity index (χ2n) is 28.0. The lowest BCUT2D eigenvalue weighted by molar-refractivity contribution is -0.183. The minimum atomic E-state index is -3.67. The quantitative estimate of drug-likeness (QED) is 0.0852. The number of nitrogens with zero attached hydrogens (tertiary/aromatic N) is 7. The molecule has 554 valence electrons. The van der Waals surface area contributed by atoms with Crippen molar-refractivity contribution in [2.75, 3.05) is 66.7 Å². The number of carboxylic acid groups (broad SMARTS) is 1. The molecule has 3 unspecified atom stereocenters. The minimum Gasteiger partial charge on any atom is -0.481 e. The second-order valence-corrected chi connectivity index (χ2v) is 33.7. The van der Waals surface area contributed by atoms with E-state index in [1.165, 1.54) is 6.07 Å². The molecule has 3 saturated carbocycles. The van der Waals surface area contributed by atoms with E-state index in [9.17, 15) is 54.3 Å². The number of aryl methyl sites for hydroxylation is 2. The maximum Gasteiger partial charge on any atom is 0.313 e. The van der Waals surface area contributed by atoms with E-state index in [2.05, 4.69) is 15.5 Å². The highest BCUT2D eigenvalue weighted by molar-refractivity contribution is 7.92. The van der Waals surface area contributed by atoms with Gasteiger partial charge in [0, 0.05) is 92.2 Å². The number of ether oxygens (including phenoxy) is 3. The Morgan fingerprint density at radius 1 is 0.514 bits per heavy atom. The van der Waals surface area contributed by atoms with Crippen LogP contribution in [0.4, 0.5) is 45.8 Å². The summed E-state index contributed by atoms with van der Waals surface area (Å²) in [4.78, 5) is 68.8. The Balaban J connectivity index is 0.000000141. The lowest BCUT2D eigenvalue weighted by Crippen LogP contribution is -2.35. The molecule has 3 aliphatic carbocycles. The smallest absolute Gasteiger partial charge is 0.313 e. The maximum absolute atomic E-state index is 13.5. The number of carbonyl (C=O) groups is 5. The van der Waals surface area contributed by atoms with Crippen molar-refractivity contribution in [3.05, 3.63) is 169 Å². The van der Waals surface area contributed by atoms with Gasteiger partial charge in [0.25, 0.3) is 0 Å². The number of esters is 1. The number of aromatic nitrogens is 4. The molecule has 105 heavy (non-hydrogen) atoms. The van der Waals surface area contributed by atoms with Crippen molar-refractivity contribution >= 4 is 105 Å². The largest absolute Gasteiger partial charge is 0.481 e. The molecular weight excluding hydrogens is 1400 g/mol. The fraction of sp³-hybridized carbons (Fsp3) is 0.397. The molecule has 6 heterocycles. The van der Waals surface area contributed by atoms with Gasteiger partial charge in [0.2, 0.25) is 35.4 Å². The van der Waals surface area contributed by atoms with Crippen molar-refractivity contribution in [2.45, 2.75) is 156 Å². The SMILES string of the molecule is CCOC(=O)C(CC1CCC2(CC1)OCCO2)c1ccc2c(c1)N(C)c1ccccc1S2(=O)=O.CN1c2ccccc2S(=O)(=O)c2ccc(C(CC3CCC(=O)CC3)C(=O)Nc3ccn(C)n3)cc21.CN1c2ccccc2S(=O)(=O)c2ccc(C(CC3CCC(=O)CC3)C(=O)O)cc21.Cn1ccc(N)n1. The number of carbonyl (C=O) groups excluding carboxylic acids is 4. The van der Waals surface area contributed by atoms with E-state index in [-0.39, 0.29) is 59.8 Å². The average Bonchev–Trinajstić information content (AvgIpc) is 1.01. The molecule has 6 aromatic carbocycles. The highest BCUT2D eigenvalue weighted by Gasteiger charge is 2.43. The first kappa shape index (κ1) is 75.2. The molecule has 4 aliphatic heterocycles. The van der Waals surface area contributed by atoms with Gasteiger partial charge >= 0.3 is 11.9 Å². The molecule has 15 rings (SSSR count). The van der Waals surface area contributed by atoms with Crippen LogP contribution in [0.5, 0.6) is 0 Å². The van der Waals surface area contributed by atoms with Crippen molar-refractivity contribution in [1.82, 2.24) is 19.6 Å². The summed E-state index contributed by atoms with van der Waals surface area (Å²) in [5.41, 5.74) is 10.8. The monoisotopic (exact) mass is 1490 g/mol. The summed E-state index contributed by atoms with van der Waals surface area (Å²) in [5.74, 6) is -1.19. The molecular formula is C78H89N9O15S3. The fourth-order valence-corrected chi connectivity index (χ4v) is 20.6. The van der Waals surface area contributed by atoms with Crippen LogP contribution in [0.25, 0.3) is 0 Å². The number of hydrogen-bond acceptors (Lipinski definition) is 20. The van der Waals surface area contributed by atoms with Gasteiger partial charge in [-0.15, -0.1) is 0 Å². The number of rotatable bonds is 14. The molecule has 2 aromatic heterocycles. The Kier molecular flexibility index (Phi) is 22.4. The van der Waals surface area contributed by atoms with Gasteiger partial charge < -0.3 is 45.1 Å². The van der Waals surface area contributed by atoms with E-state index >= 15 is 0 Å². The van der Waals surface area contributed by atoms with Crippen molar-refractivity contribution in [3.8, 4) is 0 Å². The Hall–Kier alpha value is -9.54. The van der Waals surface area contributed by atoms with Gasteiger partial charge in [-0.1, -0.05) is 54.6 Å². The van der Waals surface area contributed by atoms with E-state index in [4.69, 9.17) is 19.9 Å². The molecule has 1 amide bonds. The van der Waals surface area contributed by atoms with Crippen molar-refractivity contribution in [1.29, 1.82) is 0 Å². The summed E-state index contributed by atoms with van der Waals surface area (Å²) in [5, 5.41) is 20.8. The first-order chi connectivity index (χ1) is 50.2. The van der Waals surface area contributed by atoms with E-state index in [1.807, 2.05) is 55.2 Å². The Bertz CT molecular complexity index is 4930. The van der Waals surface area contributed by atoms with Gasteiger partial charge in [0.15, 0.2) is 11.6 Å². The van der Waals surface area contributed by atoms with E-state index in [1.54, 1.807) is 157 Å². The second kappa shape index (κ2) is 31.3. The summed E-state index contributed by atoms with van der Waals surface area (Å²) in [7, 11) is -1.86. The minimum absolute atomic E-state index is 0.187. The lowest BCUT2D eigenvalue weighted by atomic mass is 9.78. The summed E-state index contributed by atoms with van der Waals surface area (Å²) in [6, 6.07) is 39.5. The number of ketones is 2. The molecule has 24 nitrogen and oxygen atoms in total. The Morgan fingerprint density at radius 2 is 0.886 bits per heavy atom. The van der Waals surface area contributed by atoms with Gasteiger partial charge in [-0.3, -0.25) is 33.3 Å². The standard InChI is InChI=1S/C26H28N4O4S.C26H31NO6S.C22H23NO5S.C4H7N3/c1-29-14-13-25(28-29)27-26(32)20(15-17-7-10-19(31)11-8-17)18-9-12-24-22(16-18)30(2)21-5-3-4-6-23(21)35(24,33)34;1-3-31-25(28)20(16-18-10-12-26(13-11-18)32-14-15-33-26)19-8-9-24-22(17-19)27(2)21-6-4-5-7-23(21)34(24,29)30;1-23-18-4-2-3-5-20(18)29(27,28)21-11-8-15(13-19(21)23)17(22(25)26)12-14-6-9-16(24)10-7-14;1-7-3-2-4(5)6-7/h3-6,9,12-14,16-17,20H,7-8,10-11,15H2,1-2H3,(H,27,28,32);4-9,17-18,20H,3,10-16H2,1-2H3;2-5,8,11,13-14,17H,6-7,9-10,12H2,1H3,(H,25,26);2-3H,1H3,(H2,5,6). The van der Waals surface area contributed by atoms with Crippen LogP contribution >= 0.6 is 0 Å². The number of Topliss-reactive ketones (excluding diaryl/α,β-unsaturated/α-hetero) is 2. The molecule has 0 bridgehead atoms. The number of para-hydroxylation sites is 3. The summed E-state index contributed by atoms with van der Waals surface area (Å²) in [6.45, 7) is 3.39. The van der Waals surface area contributed by atoms with Crippen LogP contribution in [0.2, 0.25) is 0 Å². The van der Waals surface area contributed by atoms with Gasteiger partial charge in [0.1, 0.15) is 17.4 Å². The summed E-state index contributed by atoms with van der Waals surface area (Å²) in [6.07, 6.45) is 13.8. The third-order valence-electron chi connectivity index (χ3n) is 21.3. The molecule has 1 spiro atoms. The predicted octanol–water partition coefficient (Wildman–Crippen LogP) is 12.7. The number of nitrogen functional groups attached to an aromatic ring is 1. The highest BCUT2D eigenvalue weighted by Crippen LogP contribution is 2.50. The first-order valence-corrected chi connectivity index (χ1v) is 40.0. The van der Waals surface area contributed by atoms with Crippen LogP contribution in [0, 0.1) is 17.8 Å². The van der Waals surface area contributed by atoms with Crippen LogP contribution in [0.1, 0.15) is 138 Å². The van der Waals surface area contributed by atoms with Crippen molar-refractivity contribution < 1.29 is 68.5 Å². The normalized spacial score (nSPS) is 19.0. The Morgan fingerprint density at radius 3 is 1.27 bits per heavy atom. The van der Waals surface area contributed by atoms with Crippen LogP contribution in [0.15, 0.2) is 181 Å². The average molecular weight is 1490 g/mol. The summed E-state index contributed by atoms with van der Waals surface area (Å²) >= 11 is 0. The first-order valence-electron chi connectivity index (χ1n) is 35.6. The van der Waals surface area contributed by atoms with Gasteiger partial charge in [0.05, 0.1) is 101 Å². The third-order valence-corrected chi connectivity index (χ3v) is 26.8. The molecule has 7 aliphatic rings. The number of amides is 1. The molecule has 8 aromatic rings. The number of nitrogens with one attached hydrogen (secondary N) is 1. The third kappa shape index (κ3) is 16.0. The predicted molar refractivity (Wildman–Crippen MR) is 396 cm³/mol. The molecule has 1 saturated heterocycles. The molecule has 27 heteroatoms. The highest BCUT2D eigenvalue weighted by atomic mass is 32.2. The van der Waals surface area contributed by atoms with Crippen LogP contribution in [-0.2, 0) is 81.8 Å². The zero-order valence-corrected chi connectivity index (χ0v) is 62.2. The molecule has 4 N–H and O–H groups in total. The van der Waals surface area contributed by atoms with Crippen LogP contribution < -0.4 is 25.8 Å². The Labute approximate surface area is 612 Å². The number of aliphatic carboxylic acids is 1. The topological polar surface area (TPSA) is 319 Å². The van der Waals surface area contributed by atoms with E-state index in [0.29, 0.717) is 127 Å². The van der Waals surface area contributed by atoms with Crippen molar-refractivity contribution in [3.63, 3.8) is 0 Å². The zero-order valence-electron chi connectivity index (χ0n) is 59.7. The summed E-state index contributed by atoms with van der Waals surface area (Å²) < 4.78 is 99.6. The van der Waals surface area contributed by atoms with Gasteiger partial charge in [-0.25, -0.2) is 25.3 Å². The maximum atomic E-state index is 13.5. The lowest BCUT2D eigenvalue weighted by Gasteiger charge is -2.36. The number of carboxylic acids is 1. The zero-order chi connectivity index (χ0) is 74.7. The van der Waals surface area contributed by atoms with E-state index in [0.717, 1.165) is 62.5 Å². The van der Waals surface area contributed by atoms with Crippen LogP contribution in [-0.4, -0.2) is 126 Å². The number of nitrogens with two attached hydrogens (primary N) is 1. The van der Waals surface area contributed by atoms with Crippen molar-refractivity contribution in [2.24, 2.45) is 31.8 Å². The molecule has 3 atom stereocenters. The van der Waals surface area contributed by atoms with E-state index < -0.39 is 59.0 Å². The fourth-order valence-electron chi connectivity index (χ4n) is 15.5. The number of anilines is 8. The number of fused-ring (bicyclic) bond motifs is 6. The van der Waals surface area contributed by atoms with Crippen LogP contribution in [0.3, 0.4) is 0 Å². The van der Waals surface area contributed by atoms with Gasteiger partial charge in [-0.05, 0) is 178 Å². The molecule has 4 fully saturated rings.